The predicted octanol–water partition coefficient (Wildman–Crippen LogP) is 6.86. The van der Waals surface area contributed by atoms with Crippen LogP contribution < -0.4 is 20.3 Å². The number of thiophene rings is 1. The molecule has 2 aromatic heterocycles. The summed E-state index contributed by atoms with van der Waals surface area (Å²) in [6.45, 7) is 0. The van der Waals surface area contributed by atoms with Crippen molar-refractivity contribution in [2.45, 2.75) is 30.8 Å². The number of thioether (sulfide) groups is 1. The van der Waals surface area contributed by atoms with E-state index >= 15 is 0 Å². The Balaban J connectivity index is 1.23. The highest BCUT2D eigenvalue weighted by Crippen LogP contribution is 2.35. The normalized spacial score (nSPS) is 12.6. The summed E-state index contributed by atoms with van der Waals surface area (Å²) in [4.78, 5) is 33.7. The number of aromatic nitrogens is 2. The van der Waals surface area contributed by atoms with Crippen LogP contribution in [0.5, 0.6) is 17.2 Å². The number of ether oxygens (including phenoxy) is 2. The van der Waals surface area contributed by atoms with Crippen LogP contribution in [0.2, 0.25) is 0 Å². The molecule has 0 saturated carbocycles. The minimum Gasteiger partial charge on any atom is -0.497 e. The summed E-state index contributed by atoms with van der Waals surface area (Å²) < 4.78 is 12.8. The molecule has 7 nitrogen and oxygen atoms in total. The fourth-order valence-corrected chi connectivity index (χ4v) is 6.92. The molecule has 9 heteroatoms. The zero-order valence-electron chi connectivity index (χ0n) is 21.9. The molecular weight excluding hydrogens is 542 g/mol. The number of para-hydroxylation sites is 1. The molecule has 202 valence electrons. The van der Waals surface area contributed by atoms with Gasteiger partial charge in [0.2, 0.25) is 5.91 Å². The van der Waals surface area contributed by atoms with Gasteiger partial charge in [0, 0.05) is 10.6 Å². The van der Waals surface area contributed by atoms with E-state index in [0.717, 1.165) is 41.8 Å². The Morgan fingerprint density at radius 2 is 1.65 bits per heavy atom. The summed E-state index contributed by atoms with van der Waals surface area (Å²) in [6, 6.07) is 24.1. The van der Waals surface area contributed by atoms with Crippen molar-refractivity contribution in [3.63, 3.8) is 0 Å². The number of aryl methyl sites for hydroxylation is 2. The van der Waals surface area contributed by atoms with Gasteiger partial charge in [-0.15, -0.1) is 11.3 Å². The predicted molar refractivity (Wildman–Crippen MR) is 161 cm³/mol. The minimum atomic E-state index is -0.192. The van der Waals surface area contributed by atoms with Crippen molar-refractivity contribution >= 4 is 44.9 Å². The van der Waals surface area contributed by atoms with Crippen LogP contribution in [0, 0.1) is 0 Å². The first-order chi connectivity index (χ1) is 19.6. The van der Waals surface area contributed by atoms with E-state index in [-0.39, 0.29) is 17.2 Å². The third-order valence-electron chi connectivity index (χ3n) is 6.74. The van der Waals surface area contributed by atoms with Gasteiger partial charge in [0.25, 0.3) is 5.56 Å². The third-order valence-corrected chi connectivity index (χ3v) is 8.86. The second-order valence-corrected chi connectivity index (χ2v) is 11.4. The number of nitrogens with zero attached hydrogens (tertiary/aromatic N) is 2. The molecule has 1 aliphatic rings. The molecule has 0 atom stereocenters. The Kier molecular flexibility index (Phi) is 7.57. The van der Waals surface area contributed by atoms with E-state index in [1.54, 1.807) is 35.1 Å². The van der Waals surface area contributed by atoms with E-state index < -0.39 is 0 Å². The van der Waals surface area contributed by atoms with Crippen LogP contribution in [0.1, 0.15) is 23.3 Å². The van der Waals surface area contributed by atoms with Gasteiger partial charge in [-0.3, -0.25) is 14.2 Å². The molecule has 1 N–H and O–H groups in total. The molecule has 40 heavy (non-hydrogen) atoms. The number of carbonyl (C=O) groups excluding carboxylic acids is 1. The van der Waals surface area contributed by atoms with Gasteiger partial charge in [0.1, 0.15) is 22.1 Å². The van der Waals surface area contributed by atoms with Gasteiger partial charge in [-0.1, -0.05) is 30.0 Å². The number of amides is 1. The van der Waals surface area contributed by atoms with Crippen LogP contribution >= 0.6 is 23.1 Å². The number of benzene rings is 3. The van der Waals surface area contributed by atoms with Crippen molar-refractivity contribution < 1.29 is 14.3 Å². The Hall–Kier alpha value is -4.08. The molecule has 6 rings (SSSR count). The standard InChI is InChI=1S/C31H27N3O4S2/c1-37-22-17-13-21(14-18-22)34-30(36)28-25-9-5-6-10-26(25)40-29(28)33-31(34)39-19-27(35)32-20-11-15-24(16-12-20)38-23-7-3-2-4-8-23/h2-4,7-8,11-18H,5-6,9-10,19H2,1H3,(H,32,35). The van der Waals surface area contributed by atoms with Gasteiger partial charge in [-0.2, -0.15) is 0 Å². The van der Waals surface area contributed by atoms with Crippen molar-refractivity contribution in [3.8, 4) is 22.9 Å². The first-order valence-corrected chi connectivity index (χ1v) is 14.9. The topological polar surface area (TPSA) is 82.4 Å². The molecular formula is C31H27N3O4S2. The van der Waals surface area contributed by atoms with E-state index in [1.165, 1.54) is 16.6 Å². The van der Waals surface area contributed by atoms with E-state index in [4.69, 9.17) is 14.5 Å². The maximum absolute atomic E-state index is 13.9. The summed E-state index contributed by atoms with van der Waals surface area (Å²) in [7, 11) is 1.61. The van der Waals surface area contributed by atoms with Crippen molar-refractivity contribution in [3.05, 3.63) is 99.7 Å². The molecule has 1 amide bonds. The third kappa shape index (κ3) is 5.48. The Labute approximate surface area is 239 Å². The first-order valence-electron chi connectivity index (χ1n) is 13.1. The fraction of sp³-hybridized carbons (Fsp3) is 0.194. The molecule has 0 aliphatic heterocycles. The Bertz CT molecular complexity index is 1710. The lowest BCUT2D eigenvalue weighted by atomic mass is 9.97. The number of methoxy groups -OCH3 is 1. The molecule has 1 aliphatic carbocycles. The molecule has 0 unspecified atom stereocenters. The molecule has 5 aromatic rings. The first kappa shape index (κ1) is 26.2. The summed E-state index contributed by atoms with van der Waals surface area (Å²) in [6.07, 6.45) is 4.10. The lowest BCUT2D eigenvalue weighted by molar-refractivity contribution is -0.113. The highest BCUT2D eigenvalue weighted by atomic mass is 32.2. The summed E-state index contributed by atoms with van der Waals surface area (Å²) in [5, 5.41) is 4.12. The van der Waals surface area contributed by atoms with Crippen LogP contribution in [0.4, 0.5) is 5.69 Å². The average molecular weight is 570 g/mol. The Morgan fingerprint density at radius 1 is 0.950 bits per heavy atom. The van der Waals surface area contributed by atoms with E-state index in [1.807, 2.05) is 66.7 Å². The molecule has 0 bridgehead atoms. The van der Waals surface area contributed by atoms with Crippen molar-refractivity contribution in [2.24, 2.45) is 0 Å². The van der Waals surface area contributed by atoms with Crippen molar-refractivity contribution in [1.29, 1.82) is 0 Å². The van der Waals surface area contributed by atoms with Gasteiger partial charge < -0.3 is 14.8 Å². The number of anilines is 1. The quantitative estimate of drug-likeness (QED) is 0.162. The number of rotatable bonds is 8. The lowest BCUT2D eigenvalue weighted by Gasteiger charge is -2.14. The van der Waals surface area contributed by atoms with E-state index in [9.17, 15) is 9.59 Å². The van der Waals surface area contributed by atoms with Crippen LogP contribution in [0.15, 0.2) is 88.8 Å². The van der Waals surface area contributed by atoms with Gasteiger partial charge in [0.15, 0.2) is 5.16 Å². The number of carbonyl (C=O) groups is 1. The average Bonchev–Trinajstić information content (AvgIpc) is 3.36. The monoisotopic (exact) mass is 569 g/mol. The molecule has 0 radical (unpaired) electrons. The van der Waals surface area contributed by atoms with Crippen LogP contribution in [0.3, 0.4) is 0 Å². The van der Waals surface area contributed by atoms with E-state index in [0.29, 0.717) is 33.4 Å². The fourth-order valence-electron chi connectivity index (χ4n) is 4.80. The number of fused-ring (bicyclic) bond motifs is 3. The highest BCUT2D eigenvalue weighted by Gasteiger charge is 2.23. The number of hydrogen-bond donors (Lipinski definition) is 1. The maximum Gasteiger partial charge on any atom is 0.267 e. The van der Waals surface area contributed by atoms with Gasteiger partial charge in [-0.05, 0) is 91.9 Å². The van der Waals surface area contributed by atoms with E-state index in [2.05, 4.69) is 5.32 Å². The number of hydrogen-bond acceptors (Lipinski definition) is 7. The molecule has 0 fully saturated rings. The molecule has 2 heterocycles. The summed E-state index contributed by atoms with van der Waals surface area (Å²) in [5.41, 5.74) is 2.40. The van der Waals surface area contributed by atoms with Gasteiger partial charge >= 0.3 is 0 Å². The van der Waals surface area contributed by atoms with Crippen LogP contribution in [-0.2, 0) is 17.6 Å². The summed E-state index contributed by atoms with van der Waals surface area (Å²) >= 11 is 2.86. The molecule has 3 aromatic carbocycles. The highest BCUT2D eigenvalue weighted by molar-refractivity contribution is 7.99. The SMILES string of the molecule is COc1ccc(-n2c(SCC(=O)Nc3ccc(Oc4ccccc4)cc3)nc3sc4c(c3c2=O)CCCC4)cc1. The number of nitrogens with one attached hydrogen (secondary N) is 1. The molecule has 0 spiro atoms. The maximum atomic E-state index is 13.9. The smallest absolute Gasteiger partial charge is 0.267 e. The second-order valence-electron chi connectivity index (χ2n) is 9.40. The lowest BCUT2D eigenvalue weighted by Crippen LogP contribution is -2.23. The minimum absolute atomic E-state index is 0.0912. The zero-order valence-corrected chi connectivity index (χ0v) is 23.5. The van der Waals surface area contributed by atoms with Gasteiger partial charge in [-0.25, -0.2) is 4.98 Å². The van der Waals surface area contributed by atoms with Gasteiger partial charge in [0.05, 0.1) is 23.9 Å². The summed E-state index contributed by atoms with van der Waals surface area (Å²) in [5.74, 6) is 2.03. The van der Waals surface area contributed by atoms with Crippen molar-refractivity contribution in [1.82, 2.24) is 9.55 Å². The molecule has 0 saturated heterocycles. The second kappa shape index (κ2) is 11.6. The Morgan fingerprint density at radius 3 is 2.40 bits per heavy atom. The van der Waals surface area contributed by atoms with Crippen LogP contribution in [0.25, 0.3) is 15.9 Å². The zero-order chi connectivity index (χ0) is 27.5. The largest absolute Gasteiger partial charge is 0.497 e. The van der Waals surface area contributed by atoms with Crippen molar-refractivity contribution in [2.75, 3.05) is 18.2 Å². The van der Waals surface area contributed by atoms with Crippen LogP contribution in [-0.4, -0.2) is 28.3 Å².